The van der Waals surface area contributed by atoms with Crippen molar-refractivity contribution in [1.29, 1.82) is 0 Å². The van der Waals surface area contributed by atoms with Gasteiger partial charge >= 0.3 is 6.18 Å². The number of alkyl halides is 3. The molecule has 1 fully saturated rings. The van der Waals surface area contributed by atoms with Crippen LogP contribution in [0.5, 0.6) is 0 Å². The molecule has 3 rings (SSSR count). The van der Waals surface area contributed by atoms with Crippen molar-refractivity contribution in [3.05, 3.63) is 30.0 Å². The molecule has 1 heterocycles. The first kappa shape index (κ1) is 17.1. The molecule has 0 radical (unpaired) electrons. The van der Waals surface area contributed by atoms with E-state index in [0.29, 0.717) is 23.4 Å². The normalized spacial score (nSPS) is 22.5. The van der Waals surface area contributed by atoms with E-state index >= 15 is 0 Å². The van der Waals surface area contributed by atoms with Gasteiger partial charge in [-0.3, -0.25) is 4.68 Å². The third-order valence-corrected chi connectivity index (χ3v) is 4.37. The van der Waals surface area contributed by atoms with E-state index in [1.165, 1.54) is 12.1 Å². The first-order chi connectivity index (χ1) is 9.97. The summed E-state index contributed by atoms with van der Waals surface area (Å²) >= 11 is 0. The number of fused-ring (bicyclic) bond motifs is 1. The van der Waals surface area contributed by atoms with Crippen LogP contribution in [-0.2, 0) is 6.18 Å². The van der Waals surface area contributed by atoms with Crippen LogP contribution in [0.4, 0.5) is 13.2 Å². The minimum Gasteiger partial charge on any atom is -0.330 e. The second-order valence-corrected chi connectivity index (χ2v) is 5.79. The van der Waals surface area contributed by atoms with Gasteiger partial charge in [-0.25, -0.2) is 0 Å². The Balaban J connectivity index is 0.00000176. The molecule has 0 amide bonds. The van der Waals surface area contributed by atoms with E-state index in [0.717, 1.165) is 31.7 Å². The minimum absolute atomic E-state index is 0. The molecule has 0 aliphatic heterocycles. The highest BCUT2D eigenvalue weighted by Gasteiger charge is 2.31. The van der Waals surface area contributed by atoms with Crippen LogP contribution in [0.15, 0.2) is 24.4 Å². The van der Waals surface area contributed by atoms with E-state index in [1.54, 1.807) is 6.20 Å². The van der Waals surface area contributed by atoms with Crippen molar-refractivity contribution < 1.29 is 13.2 Å². The second kappa shape index (κ2) is 6.46. The summed E-state index contributed by atoms with van der Waals surface area (Å²) in [6.45, 7) is 0.711. The van der Waals surface area contributed by atoms with Gasteiger partial charge in [-0.2, -0.15) is 18.3 Å². The predicted octanol–water partition coefficient (Wildman–Crippen LogP) is 4.17. The minimum atomic E-state index is -4.31. The molecular formula is C15H19ClF3N3. The van der Waals surface area contributed by atoms with Crippen molar-refractivity contribution in [3.63, 3.8) is 0 Å². The summed E-state index contributed by atoms with van der Waals surface area (Å²) in [6.07, 6.45) is 1.52. The molecule has 7 heteroatoms. The highest BCUT2D eigenvalue weighted by molar-refractivity contribution is 5.85. The zero-order chi connectivity index (χ0) is 15.0. The molecule has 2 N–H and O–H groups in total. The smallest absolute Gasteiger partial charge is 0.330 e. The zero-order valence-corrected chi connectivity index (χ0v) is 12.8. The Morgan fingerprint density at radius 1 is 1.18 bits per heavy atom. The van der Waals surface area contributed by atoms with E-state index in [9.17, 15) is 13.2 Å². The summed E-state index contributed by atoms with van der Waals surface area (Å²) in [7, 11) is 0. The molecule has 0 saturated heterocycles. The lowest BCUT2D eigenvalue weighted by Gasteiger charge is -2.27. The third kappa shape index (κ3) is 3.38. The number of rotatable bonds is 2. The third-order valence-electron chi connectivity index (χ3n) is 4.37. The van der Waals surface area contributed by atoms with Gasteiger partial charge < -0.3 is 5.73 Å². The molecule has 22 heavy (non-hydrogen) atoms. The standard InChI is InChI=1S/C15H18F3N3.ClH/c16-15(17,18)12-3-6-14-11(7-12)9-21(20-14)13-4-1-10(8-19)2-5-13;/h3,6-7,9-10,13H,1-2,4-5,8,19H2;1H. The maximum Gasteiger partial charge on any atom is 0.416 e. The average Bonchev–Trinajstić information content (AvgIpc) is 2.89. The molecule has 0 unspecified atom stereocenters. The molecule has 2 aromatic rings. The Labute approximate surface area is 133 Å². The highest BCUT2D eigenvalue weighted by Crippen LogP contribution is 2.34. The van der Waals surface area contributed by atoms with Gasteiger partial charge in [0.15, 0.2) is 0 Å². The number of hydrogen-bond donors (Lipinski definition) is 1. The molecule has 0 atom stereocenters. The average molecular weight is 334 g/mol. The van der Waals surface area contributed by atoms with Gasteiger partial charge in [0.1, 0.15) is 0 Å². The Morgan fingerprint density at radius 2 is 1.86 bits per heavy atom. The van der Waals surface area contributed by atoms with Gasteiger partial charge in [0, 0.05) is 11.6 Å². The Bertz CT molecular complexity index is 630. The van der Waals surface area contributed by atoms with Crippen LogP contribution in [-0.4, -0.2) is 16.3 Å². The molecule has 1 aromatic heterocycles. The van der Waals surface area contributed by atoms with Crippen molar-refractivity contribution in [3.8, 4) is 0 Å². The van der Waals surface area contributed by atoms with Crippen molar-refractivity contribution in [1.82, 2.24) is 9.78 Å². The number of hydrogen-bond acceptors (Lipinski definition) is 2. The van der Waals surface area contributed by atoms with Gasteiger partial charge in [-0.05, 0) is 56.3 Å². The fourth-order valence-corrected chi connectivity index (χ4v) is 3.05. The first-order valence-corrected chi connectivity index (χ1v) is 7.23. The van der Waals surface area contributed by atoms with Crippen LogP contribution in [0.25, 0.3) is 10.9 Å². The molecule has 0 bridgehead atoms. The van der Waals surface area contributed by atoms with E-state index in [1.807, 2.05) is 4.68 Å². The number of nitrogens with zero attached hydrogens (tertiary/aromatic N) is 2. The van der Waals surface area contributed by atoms with Crippen molar-refractivity contribution in [2.24, 2.45) is 11.7 Å². The monoisotopic (exact) mass is 333 g/mol. The highest BCUT2D eigenvalue weighted by atomic mass is 35.5. The van der Waals surface area contributed by atoms with Crippen LogP contribution in [0.3, 0.4) is 0 Å². The number of aromatic nitrogens is 2. The van der Waals surface area contributed by atoms with E-state index < -0.39 is 11.7 Å². The summed E-state index contributed by atoms with van der Waals surface area (Å²) in [5.74, 6) is 0.572. The lowest BCUT2D eigenvalue weighted by molar-refractivity contribution is -0.137. The summed E-state index contributed by atoms with van der Waals surface area (Å²) in [5.41, 5.74) is 5.67. The van der Waals surface area contributed by atoms with Gasteiger partial charge in [0.2, 0.25) is 0 Å². The summed E-state index contributed by atoms with van der Waals surface area (Å²) in [5, 5.41) is 4.98. The Kier molecular flexibility index (Phi) is 5.02. The SMILES string of the molecule is Cl.NCC1CCC(n2cc3cc(C(F)(F)F)ccc3n2)CC1. The summed E-state index contributed by atoms with van der Waals surface area (Å²) in [6, 6.07) is 3.98. The van der Waals surface area contributed by atoms with Crippen LogP contribution in [0, 0.1) is 5.92 Å². The fourth-order valence-electron chi connectivity index (χ4n) is 3.05. The van der Waals surface area contributed by atoms with Gasteiger partial charge in [0.05, 0.1) is 17.1 Å². The summed E-state index contributed by atoms with van der Waals surface area (Å²) < 4.78 is 40.0. The predicted molar refractivity (Wildman–Crippen MR) is 82.0 cm³/mol. The summed E-state index contributed by atoms with van der Waals surface area (Å²) in [4.78, 5) is 0. The molecule has 1 aliphatic rings. The van der Waals surface area contributed by atoms with Crippen LogP contribution in [0.2, 0.25) is 0 Å². The molecular weight excluding hydrogens is 315 g/mol. The van der Waals surface area contributed by atoms with Crippen molar-refractivity contribution in [2.45, 2.75) is 37.9 Å². The molecule has 1 aliphatic carbocycles. The lowest BCUT2D eigenvalue weighted by atomic mass is 9.86. The first-order valence-electron chi connectivity index (χ1n) is 7.23. The van der Waals surface area contributed by atoms with Crippen LogP contribution < -0.4 is 5.73 Å². The lowest BCUT2D eigenvalue weighted by Crippen LogP contribution is -2.23. The molecule has 0 spiro atoms. The van der Waals surface area contributed by atoms with E-state index in [2.05, 4.69) is 5.10 Å². The van der Waals surface area contributed by atoms with Crippen molar-refractivity contribution in [2.75, 3.05) is 6.54 Å². The largest absolute Gasteiger partial charge is 0.416 e. The maximum atomic E-state index is 12.7. The van der Waals surface area contributed by atoms with E-state index in [4.69, 9.17) is 5.73 Å². The quantitative estimate of drug-likeness (QED) is 0.896. The van der Waals surface area contributed by atoms with Crippen LogP contribution in [0.1, 0.15) is 37.3 Å². The topological polar surface area (TPSA) is 43.8 Å². The molecule has 3 nitrogen and oxygen atoms in total. The molecule has 122 valence electrons. The zero-order valence-electron chi connectivity index (χ0n) is 12.0. The van der Waals surface area contributed by atoms with Gasteiger partial charge in [-0.15, -0.1) is 12.4 Å². The maximum absolute atomic E-state index is 12.7. The second-order valence-electron chi connectivity index (χ2n) is 5.79. The number of halogens is 4. The Hall–Kier alpha value is -1.27. The van der Waals surface area contributed by atoms with Crippen molar-refractivity contribution >= 4 is 23.3 Å². The fraction of sp³-hybridized carbons (Fsp3) is 0.533. The van der Waals surface area contributed by atoms with E-state index in [-0.39, 0.29) is 18.4 Å². The van der Waals surface area contributed by atoms with Crippen LogP contribution >= 0.6 is 12.4 Å². The molecule has 1 saturated carbocycles. The van der Waals surface area contributed by atoms with Gasteiger partial charge in [0.25, 0.3) is 0 Å². The number of benzene rings is 1. The van der Waals surface area contributed by atoms with Gasteiger partial charge in [-0.1, -0.05) is 0 Å². The molecule has 1 aromatic carbocycles. The Morgan fingerprint density at radius 3 is 2.45 bits per heavy atom. The number of nitrogens with two attached hydrogens (primary N) is 1.